The third-order valence-electron chi connectivity index (χ3n) is 3.20. The maximum absolute atomic E-state index is 12.4. The van der Waals surface area contributed by atoms with E-state index in [9.17, 15) is 4.79 Å². The molecule has 112 valence electrons. The van der Waals surface area contributed by atoms with Crippen molar-refractivity contribution in [3.63, 3.8) is 0 Å². The molecule has 0 aliphatic carbocycles. The second kappa shape index (κ2) is 7.67. The van der Waals surface area contributed by atoms with Gasteiger partial charge in [-0.2, -0.15) is 0 Å². The Morgan fingerprint density at radius 2 is 2.19 bits per heavy atom. The molecule has 1 aliphatic heterocycles. The van der Waals surface area contributed by atoms with E-state index in [1.54, 1.807) is 30.2 Å². The molecule has 1 aliphatic rings. The van der Waals surface area contributed by atoms with Crippen LogP contribution in [0.2, 0.25) is 0 Å². The molecule has 1 N–H and O–H groups in total. The van der Waals surface area contributed by atoms with E-state index in [0.29, 0.717) is 49.6 Å². The van der Waals surface area contributed by atoms with E-state index in [2.05, 4.69) is 11.8 Å². The molecule has 0 saturated carbocycles. The topological polar surface area (TPSA) is 59.0 Å². The fourth-order valence-corrected chi connectivity index (χ4v) is 2.10. The molecule has 0 aromatic heterocycles. The molecule has 21 heavy (non-hydrogen) atoms. The van der Waals surface area contributed by atoms with E-state index in [4.69, 9.17) is 14.6 Å². The van der Waals surface area contributed by atoms with Gasteiger partial charge in [0.15, 0.2) is 0 Å². The summed E-state index contributed by atoms with van der Waals surface area (Å²) >= 11 is 0. The van der Waals surface area contributed by atoms with Crippen molar-refractivity contribution in [2.24, 2.45) is 0 Å². The number of methoxy groups -OCH3 is 1. The van der Waals surface area contributed by atoms with Crippen LogP contribution in [0, 0.1) is 11.8 Å². The van der Waals surface area contributed by atoms with Crippen LogP contribution >= 0.6 is 0 Å². The van der Waals surface area contributed by atoms with Gasteiger partial charge in [-0.1, -0.05) is 11.8 Å². The molecule has 5 heteroatoms. The first-order chi connectivity index (χ1) is 10.3. The summed E-state index contributed by atoms with van der Waals surface area (Å²) in [5.41, 5.74) is 1.25. The van der Waals surface area contributed by atoms with Gasteiger partial charge in [0, 0.05) is 25.1 Å². The maximum Gasteiger partial charge on any atom is 0.254 e. The Balaban J connectivity index is 2.22. The quantitative estimate of drug-likeness (QED) is 0.840. The summed E-state index contributed by atoms with van der Waals surface area (Å²) in [5.74, 6) is 6.38. The smallest absolute Gasteiger partial charge is 0.254 e. The third-order valence-corrected chi connectivity index (χ3v) is 3.20. The van der Waals surface area contributed by atoms with E-state index in [-0.39, 0.29) is 12.5 Å². The van der Waals surface area contributed by atoms with E-state index in [0.717, 1.165) is 0 Å². The van der Waals surface area contributed by atoms with Crippen LogP contribution in [0.4, 0.5) is 0 Å². The molecule has 0 unspecified atom stereocenters. The first kappa shape index (κ1) is 15.4. The first-order valence-electron chi connectivity index (χ1n) is 6.91. The fourth-order valence-electron chi connectivity index (χ4n) is 2.10. The summed E-state index contributed by atoms with van der Waals surface area (Å²) < 4.78 is 10.5. The van der Waals surface area contributed by atoms with Gasteiger partial charge in [-0.15, -0.1) is 0 Å². The Hall–Kier alpha value is -2.03. The molecule has 0 atom stereocenters. The van der Waals surface area contributed by atoms with Gasteiger partial charge >= 0.3 is 0 Å². The average molecular weight is 289 g/mol. The highest BCUT2D eigenvalue weighted by Crippen LogP contribution is 2.20. The van der Waals surface area contributed by atoms with E-state index in [1.165, 1.54) is 0 Å². The van der Waals surface area contributed by atoms with E-state index in [1.807, 2.05) is 0 Å². The molecule has 0 radical (unpaired) electrons. The number of amides is 1. The van der Waals surface area contributed by atoms with Gasteiger partial charge < -0.3 is 19.5 Å². The molecule has 1 saturated heterocycles. The van der Waals surface area contributed by atoms with Gasteiger partial charge in [0.2, 0.25) is 0 Å². The lowest BCUT2D eigenvalue weighted by Gasteiger charge is -2.27. The zero-order valence-corrected chi connectivity index (χ0v) is 12.1. The molecular formula is C16H19NO4. The van der Waals surface area contributed by atoms with Crippen molar-refractivity contribution >= 4 is 5.91 Å². The number of nitrogens with zero attached hydrogens (tertiary/aromatic N) is 1. The molecule has 0 spiro atoms. The van der Waals surface area contributed by atoms with Gasteiger partial charge in [-0.25, -0.2) is 0 Å². The standard InChI is InChI=1S/C16H19NO4/c1-20-15-6-5-14(12-13(15)4-2-3-9-18)16(19)17-7-10-21-11-8-17/h5-6,12,18H,3,7-11H2,1H3. The number of morpholine rings is 1. The van der Waals surface area contributed by atoms with Gasteiger partial charge in [-0.3, -0.25) is 4.79 Å². The Morgan fingerprint density at radius 1 is 1.43 bits per heavy atom. The van der Waals surface area contributed by atoms with Gasteiger partial charge in [0.25, 0.3) is 5.91 Å². The monoisotopic (exact) mass is 289 g/mol. The minimum absolute atomic E-state index is 0.0156. The highest BCUT2D eigenvalue weighted by molar-refractivity contribution is 5.95. The number of carbonyl (C=O) groups is 1. The number of benzene rings is 1. The van der Waals surface area contributed by atoms with Gasteiger partial charge in [-0.05, 0) is 18.2 Å². The molecular weight excluding hydrogens is 270 g/mol. The highest BCUT2D eigenvalue weighted by Gasteiger charge is 2.19. The van der Waals surface area contributed by atoms with Crippen LogP contribution in [0.1, 0.15) is 22.3 Å². The SMILES string of the molecule is COc1ccc(C(=O)N2CCOCC2)cc1C#CCCO. The molecule has 1 amide bonds. The molecule has 1 aromatic rings. The lowest BCUT2D eigenvalue weighted by Crippen LogP contribution is -2.40. The summed E-state index contributed by atoms with van der Waals surface area (Å²) in [5, 5.41) is 8.78. The van der Waals surface area contributed by atoms with E-state index < -0.39 is 0 Å². The van der Waals surface area contributed by atoms with Crippen molar-refractivity contribution < 1.29 is 19.4 Å². The summed E-state index contributed by atoms with van der Waals surface area (Å²) in [6.45, 7) is 2.38. The fraction of sp³-hybridized carbons (Fsp3) is 0.438. The average Bonchev–Trinajstić information content (AvgIpc) is 2.55. The molecule has 1 fully saturated rings. The predicted molar refractivity (Wildman–Crippen MR) is 78.3 cm³/mol. The van der Waals surface area contributed by atoms with E-state index >= 15 is 0 Å². The number of hydrogen-bond donors (Lipinski definition) is 1. The summed E-state index contributed by atoms with van der Waals surface area (Å²) in [6.07, 6.45) is 0.394. The number of hydrogen-bond acceptors (Lipinski definition) is 4. The van der Waals surface area contributed by atoms with Gasteiger partial charge in [0.1, 0.15) is 5.75 Å². The zero-order valence-electron chi connectivity index (χ0n) is 12.1. The first-order valence-corrected chi connectivity index (χ1v) is 6.91. The van der Waals surface area contributed by atoms with Gasteiger partial charge in [0.05, 0.1) is 32.5 Å². The predicted octanol–water partition coefficient (Wildman–Crippen LogP) is 0.901. The largest absolute Gasteiger partial charge is 0.495 e. The van der Waals surface area contributed by atoms with Crippen LogP contribution in [0.5, 0.6) is 5.75 Å². The minimum Gasteiger partial charge on any atom is -0.495 e. The Labute approximate surface area is 124 Å². The van der Waals surface area contributed by atoms with Crippen molar-refractivity contribution in [2.75, 3.05) is 40.0 Å². The van der Waals surface area contributed by atoms with Crippen molar-refractivity contribution in [1.29, 1.82) is 0 Å². The highest BCUT2D eigenvalue weighted by atomic mass is 16.5. The minimum atomic E-state index is -0.0221. The van der Waals surface area contributed by atoms with Crippen molar-refractivity contribution in [3.8, 4) is 17.6 Å². The molecule has 1 heterocycles. The van der Waals surface area contributed by atoms with Crippen LogP contribution in [0.25, 0.3) is 0 Å². The number of rotatable bonds is 3. The molecule has 2 rings (SSSR count). The van der Waals surface area contributed by atoms with Crippen molar-refractivity contribution in [1.82, 2.24) is 4.90 Å². The van der Waals surface area contributed by atoms with Crippen LogP contribution in [-0.2, 0) is 4.74 Å². The number of aliphatic hydroxyl groups is 1. The molecule has 5 nitrogen and oxygen atoms in total. The van der Waals surface area contributed by atoms with Crippen LogP contribution < -0.4 is 4.74 Å². The van der Waals surface area contributed by atoms with Crippen LogP contribution in [-0.4, -0.2) is 55.9 Å². The Bertz CT molecular complexity index is 553. The van der Waals surface area contributed by atoms with Crippen molar-refractivity contribution in [3.05, 3.63) is 29.3 Å². The normalized spacial score (nSPS) is 14.3. The van der Waals surface area contributed by atoms with Crippen LogP contribution in [0.3, 0.4) is 0 Å². The molecule has 0 bridgehead atoms. The third kappa shape index (κ3) is 3.97. The number of ether oxygens (including phenoxy) is 2. The molecule has 1 aromatic carbocycles. The van der Waals surface area contributed by atoms with Crippen molar-refractivity contribution in [2.45, 2.75) is 6.42 Å². The zero-order chi connectivity index (χ0) is 15.1. The maximum atomic E-state index is 12.4. The Morgan fingerprint density at radius 3 is 2.86 bits per heavy atom. The lowest BCUT2D eigenvalue weighted by molar-refractivity contribution is 0.0303. The summed E-state index contributed by atoms with van der Waals surface area (Å²) in [6, 6.07) is 5.23. The summed E-state index contributed by atoms with van der Waals surface area (Å²) in [4.78, 5) is 14.2. The number of aliphatic hydroxyl groups excluding tert-OH is 1. The number of carbonyl (C=O) groups excluding carboxylic acids is 1. The Kier molecular flexibility index (Phi) is 5.61. The second-order valence-electron chi connectivity index (χ2n) is 4.60. The van der Waals surface area contributed by atoms with Crippen LogP contribution in [0.15, 0.2) is 18.2 Å². The second-order valence-corrected chi connectivity index (χ2v) is 4.60. The lowest BCUT2D eigenvalue weighted by atomic mass is 10.1. The summed E-state index contributed by atoms with van der Waals surface area (Å²) in [7, 11) is 1.57.